The molecule has 1 saturated carbocycles. The van der Waals surface area contributed by atoms with Crippen molar-refractivity contribution in [2.75, 3.05) is 9.80 Å². The van der Waals surface area contributed by atoms with Gasteiger partial charge in [0.25, 0.3) is 0 Å². The zero-order chi connectivity index (χ0) is 24.0. The van der Waals surface area contributed by atoms with Gasteiger partial charge in [0.05, 0.1) is 35.0 Å². The van der Waals surface area contributed by atoms with Crippen LogP contribution in [0.15, 0.2) is 48.6 Å². The summed E-state index contributed by atoms with van der Waals surface area (Å²) in [5.41, 5.74) is 2.51. The van der Waals surface area contributed by atoms with Gasteiger partial charge in [-0.15, -0.1) is 0 Å². The predicted octanol–water partition coefficient (Wildman–Crippen LogP) is 4.34. The highest BCUT2D eigenvalue weighted by Gasteiger charge is 2.68. The molecule has 0 aromatic heterocycles. The third kappa shape index (κ3) is 2.70. The molecule has 6 atom stereocenters. The summed E-state index contributed by atoms with van der Waals surface area (Å²) in [6.07, 6.45) is 3.70. The Morgan fingerprint density at radius 3 is 1.21 bits per heavy atom. The average molecular weight is 495 g/mol. The van der Waals surface area contributed by atoms with Crippen LogP contribution in [0.4, 0.5) is 11.4 Å². The maximum absolute atomic E-state index is 13.5. The molecule has 4 amide bonds. The number of allylic oxidation sites excluding steroid dienone is 2. The van der Waals surface area contributed by atoms with E-state index in [1.54, 1.807) is 36.4 Å². The van der Waals surface area contributed by atoms with Crippen molar-refractivity contribution in [1.82, 2.24) is 0 Å². The number of nitrogens with zero attached hydrogens (tertiary/aromatic N) is 2. The minimum absolute atomic E-state index is 0.343. The van der Waals surface area contributed by atoms with Crippen LogP contribution in [-0.4, -0.2) is 23.6 Å². The van der Waals surface area contributed by atoms with E-state index in [-0.39, 0.29) is 23.6 Å². The Morgan fingerprint density at radius 1 is 0.588 bits per heavy atom. The second-order valence-electron chi connectivity index (χ2n) is 9.53. The third-order valence-corrected chi connectivity index (χ3v) is 8.65. The Kier molecular flexibility index (Phi) is 4.61. The van der Waals surface area contributed by atoms with Crippen molar-refractivity contribution in [2.24, 2.45) is 35.5 Å². The van der Waals surface area contributed by atoms with Crippen molar-refractivity contribution < 1.29 is 19.2 Å². The summed E-state index contributed by atoms with van der Waals surface area (Å²) < 4.78 is 0. The molecule has 0 radical (unpaired) electrons. The molecular formula is C26H20Cl2N2O4. The number of hydrogen-bond acceptors (Lipinski definition) is 4. The summed E-state index contributed by atoms with van der Waals surface area (Å²) in [6, 6.07) is 10.1. The lowest BCUT2D eigenvalue weighted by Crippen LogP contribution is -2.50. The van der Waals surface area contributed by atoms with Crippen LogP contribution < -0.4 is 9.80 Å². The quantitative estimate of drug-likeness (QED) is 0.459. The second kappa shape index (κ2) is 7.27. The fraction of sp³-hybridized carbons (Fsp3) is 0.308. The third-order valence-electron chi connectivity index (χ3n) is 7.84. The normalized spacial score (nSPS) is 31.5. The molecule has 2 aliphatic heterocycles. The standard InChI is InChI=1S/C26H20Cl2N2O4/c1-11-3-5-13(9-17(11)27)29-23(31)19-15-7-8-16(20(19)24(29)32)22-21(15)25(33)30(26(22)34)14-6-4-12(2)18(28)10-14/h3-10,15-16,19-22H,1-2H3/t15?,16?,19-,20+,21+,22-. The number of anilines is 2. The number of hydrogen-bond donors (Lipinski definition) is 0. The number of halogens is 2. The summed E-state index contributed by atoms with van der Waals surface area (Å²) in [7, 11) is 0. The number of carbonyl (C=O) groups excluding carboxylic acids is 4. The van der Waals surface area contributed by atoms with Crippen LogP contribution in [0.3, 0.4) is 0 Å². The Labute approximate surface area is 206 Å². The molecule has 2 aromatic rings. The first-order valence-electron chi connectivity index (χ1n) is 11.2. The second-order valence-corrected chi connectivity index (χ2v) is 10.3. The summed E-state index contributed by atoms with van der Waals surface area (Å²) >= 11 is 12.5. The zero-order valence-corrected chi connectivity index (χ0v) is 19.9. The lowest BCUT2D eigenvalue weighted by molar-refractivity contribution is -0.137. The molecular weight excluding hydrogens is 475 g/mol. The molecule has 2 unspecified atom stereocenters. The fourth-order valence-corrected chi connectivity index (χ4v) is 6.53. The molecule has 2 heterocycles. The molecule has 172 valence electrons. The Balaban J connectivity index is 1.39. The van der Waals surface area contributed by atoms with Gasteiger partial charge in [0.2, 0.25) is 23.6 Å². The highest BCUT2D eigenvalue weighted by molar-refractivity contribution is 6.33. The first kappa shape index (κ1) is 21.6. The highest BCUT2D eigenvalue weighted by Crippen LogP contribution is 2.58. The smallest absolute Gasteiger partial charge is 0.238 e. The van der Waals surface area contributed by atoms with Crippen LogP contribution in [0.5, 0.6) is 0 Å². The average Bonchev–Trinajstić information content (AvgIpc) is 3.25. The van der Waals surface area contributed by atoms with E-state index >= 15 is 0 Å². The van der Waals surface area contributed by atoms with E-state index in [0.29, 0.717) is 21.4 Å². The van der Waals surface area contributed by atoms with Crippen molar-refractivity contribution in [3.05, 3.63) is 69.7 Å². The van der Waals surface area contributed by atoms with Gasteiger partial charge in [0.1, 0.15) is 0 Å². The fourth-order valence-electron chi connectivity index (χ4n) is 6.18. The number of aryl methyl sites for hydroxylation is 2. The van der Waals surface area contributed by atoms with Gasteiger partial charge < -0.3 is 0 Å². The number of benzene rings is 2. The van der Waals surface area contributed by atoms with Crippen LogP contribution in [-0.2, 0) is 19.2 Å². The van der Waals surface area contributed by atoms with Crippen molar-refractivity contribution in [2.45, 2.75) is 13.8 Å². The molecule has 0 spiro atoms. The van der Waals surface area contributed by atoms with E-state index in [9.17, 15) is 19.2 Å². The molecule has 8 heteroatoms. The molecule has 2 saturated heterocycles. The molecule has 6 nitrogen and oxygen atoms in total. The highest BCUT2D eigenvalue weighted by atomic mass is 35.5. The summed E-state index contributed by atoms with van der Waals surface area (Å²) in [6.45, 7) is 3.68. The van der Waals surface area contributed by atoms with E-state index in [1.807, 2.05) is 26.0 Å². The van der Waals surface area contributed by atoms with Gasteiger partial charge in [-0.2, -0.15) is 0 Å². The monoisotopic (exact) mass is 494 g/mol. The van der Waals surface area contributed by atoms with Gasteiger partial charge in [0.15, 0.2) is 0 Å². The first-order chi connectivity index (χ1) is 16.2. The Bertz CT molecular complexity index is 1210. The minimum Gasteiger partial charge on any atom is -0.274 e. The van der Waals surface area contributed by atoms with Gasteiger partial charge in [0, 0.05) is 21.9 Å². The van der Waals surface area contributed by atoms with Crippen molar-refractivity contribution in [3.63, 3.8) is 0 Å². The van der Waals surface area contributed by atoms with E-state index in [1.165, 1.54) is 9.80 Å². The van der Waals surface area contributed by atoms with Gasteiger partial charge in [-0.25, -0.2) is 9.80 Å². The molecule has 0 N–H and O–H groups in total. The predicted molar refractivity (Wildman–Crippen MR) is 127 cm³/mol. The minimum atomic E-state index is -0.679. The number of imide groups is 2. The first-order valence-corrected chi connectivity index (χ1v) is 11.9. The maximum Gasteiger partial charge on any atom is 0.238 e. The Hall–Kier alpha value is -2.96. The van der Waals surface area contributed by atoms with Crippen molar-refractivity contribution in [3.8, 4) is 0 Å². The molecule has 3 aliphatic carbocycles. The van der Waals surface area contributed by atoms with Crippen LogP contribution in [0.25, 0.3) is 0 Å². The molecule has 2 aromatic carbocycles. The molecule has 3 fully saturated rings. The summed E-state index contributed by atoms with van der Waals surface area (Å²) in [5, 5.41) is 0.924. The topological polar surface area (TPSA) is 74.8 Å². The van der Waals surface area contributed by atoms with Gasteiger partial charge in [-0.05, 0) is 49.2 Å². The van der Waals surface area contributed by atoms with Gasteiger partial charge in [-0.1, -0.05) is 47.5 Å². The number of carbonyl (C=O) groups is 4. The van der Waals surface area contributed by atoms with Crippen molar-refractivity contribution >= 4 is 58.2 Å². The van der Waals surface area contributed by atoms with Crippen LogP contribution in [0.1, 0.15) is 11.1 Å². The van der Waals surface area contributed by atoms with E-state index in [4.69, 9.17) is 23.2 Å². The summed E-state index contributed by atoms with van der Waals surface area (Å²) in [5.74, 6) is -5.13. The number of rotatable bonds is 2. The molecule has 7 rings (SSSR count). The summed E-state index contributed by atoms with van der Waals surface area (Å²) in [4.78, 5) is 56.6. The largest absolute Gasteiger partial charge is 0.274 e. The van der Waals surface area contributed by atoms with E-state index < -0.39 is 35.5 Å². The SMILES string of the molecule is Cc1ccc(N2C(=O)[C@@H]3C4C=CC([C@H]5C(=O)N(c6ccc(C)c(Cl)c6)C(=O)[C@@H]45)[C@@H]3C2=O)cc1Cl. The van der Waals surface area contributed by atoms with Crippen molar-refractivity contribution in [1.29, 1.82) is 0 Å². The maximum atomic E-state index is 13.5. The number of amides is 4. The lowest BCUT2D eigenvalue weighted by Gasteiger charge is -2.44. The van der Waals surface area contributed by atoms with Crippen LogP contribution in [0, 0.1) is 49.4 Å². The van der Waals surface area contributed by atoms with Crippen LogP contribution in [0.2, 0.25) is 10.0 Å². The van der Waals surface area contributed by atoms with Crippen LogP contribution >= 0.6 is 23.2 Å². The molecule has 2 bridgehead atoms. The lowest BCUT2D eigenvalue weighted by atomic mass is 9.54. The van der Waals surface area contributed by atoms with Gasteiger partial charge in [-0.3, -0.25) is 19.2 Å². The zero-order valence-electron chi connectivity index (χ0n) is 18.4. The van der Waals surface area contributed by atoms with E-state index in [0.717, 1.165) is 11.1 Å². The molecule has 34 heavy (non-hydrogen) atoms. The van der Waals surface area contributed by atoms with E-state index in [2.05, 4.69) is 0 Å². The Morgan fingerprint density at radius 2 is 0.912 bits per heavy atom. The van der Waals surface area contributed by atoms with Gasteiger partial charge >= 0.3 is 0 Å². The molecule has 5 aliphatic rings.